The van der Waals surface area contributed by atoms with Crippen molar-refractivity contribution in [3.05, 3.63) is 35.9 Å². The molecule has 0 spiro atoms. The average Bonchev–Trinajstić information content (AvgIpc) is 2.50. The molecule has 22 heavy (non-hydrogen) atoms. The highest BCUT2D eigenvalue weighted by molar-refractivity contribution is 5.89. The molecule has 2 aliphatic rings. The first-order valence-corrected chi connectivity index (χ1v) is 7.65. The molecular formula is C17H19NO4. The number of carbonyl (C=O) groups excluding carboxylic acids is 2. The number of nitrogens with zero attached hydrogens (tertiary/aromatic N) is 1. The third-order valence-corrected chi connectivity index (χ3v) is 4.78. The standard InChI is InChI=1S/C17H19NO4/c19-13-6-7-14-12(8-13)9-15(17(21)22)18(16(14)20)10-11-4-2-1-3-5-11/h1-5,12,14-15H,6-10H2,(H,21,22)/t12?,14?,15-/m1/s1. The van der Waals surface area contributed by atoms with E-state index >= 15 is 0 Å². The van der Waals surface area contributed by atoms with Crippen LogP contribution in [0.2, 0.25) is 0 Å². The zero-order chi connectivity index (χ0) is 15.7. The van der Waals surface area contributed by atoms with Gasteiger partial charge in [-0.2, -0.15) is 0 Å². The Morgan fingerprint density at radius 2 is 1.95 bits per heavy atom. The molecule has 2 unspecified atom stereocenters. The Labute approximate surface area is 128 Å². The first-order chi connectivity index (χ1) is 10.6. The van der Waals surface area contributed by atoms with Crippen LogP contribution < -0.4 is 0 Å². The number of amides is 1. The minimum Gasteiger partial charge on any atom is -0.480 e. The minimum atomic E-state index is -0.985. The third kappa shape index (κ3) is 2.75. The summed E-state index contributed by atoms with van der Waals surface area (Å²) in [6, 6.07) is 8.59. The molecule has 0 radical (unpaired) electrons. The lowest BCUT2D eigenvalue weighted by atomic mass is 9.72. The van der Waals surface area contributed by atoms with Gasteiger partial charge in [0.2, 0.25) is 5.91 Å². The van der Waals surface area contributed by atoms with Gasteiger partial charge in [-0.1, -0.05) is 30.3 Å². The number of fused-ring (bicyclic) bond motifs is 1. The van der Waals surface area contributed by atoms with Crippen LogP contribution in [0.1, 0.15) is 31.2 Å². The monoisotopic (exact) mass is 301 g/mol. The van der Waals surface area contributed by atoms with E-state index in [1.54, 1.807) is 0 Å². The predicted octanol–water partition coefficient (Wildman–Crippen LogP) is 1.86. The van der Waals surface area contributed by atoms with E-state index < -0.39 is 12.0 Å². The Balaban J connectivity index is 1.85. The van der Waals surface area contributed by atoms with Crippen molar-refractivity contribution in [3.8, 4) is 0 Å². The minimum absolute atomic E-state index is 0.109. The summed E-state index contributed by atoms with van der Waals surface area (Å²) < 4.78 is 0. The van der Waals surface area contributed by atoms with E-state index in [-0.39, 0.29) is 23.5 Å². The zero-order valence-corrected chi connectivity index (χ0v) is 12.3. The molecule has 1 aromatic carbocycles. The van der Waals surface area contributed by atoms with Gasteiger partial charge in [0.05, 0.1) is 0 Å². The number of likely N-dealkylation sites (tertiary alicyclic amines) is 1. The van der Waals surface area contributed by atoms with Crippen molar-refractivity contribution >= 4 is 17.7 Å². The highest BCUT2D eigenvalue weighted by atomic mass is 16.4. The van der Waals surface area contributed by atoms with Crippen LogP contribution in [-0.2, 0) is 20.9 Å². The van der Waals surface area contributed by atoms with Gasteiger partial charge < -0.3 is 10.0 Å². The smallest absolute Gasteiger partial charge is 0.326 e. The van der Waals surface area contributed by atoms with E-state index in [4.69, 9.17) is 0 Å². The van der Waals surface area contributed by atoms with E-state index in [1.807, 2.05) is 30.3 Å². The second kappa shape index (κ2) is 5.91. The average molecular weight is 301 g/mol. The largest absolute Gasteiger partial charge is 0.480 e. The quantitative estimate of drug-likeness (QED) is 0.924. The summed E-state index contributed by atoms with van der Waals surface area (Å²) in [6.07, 6.45) is 1.72. The molecule has 1 saturated heterocycles. The van der Waals surface area contributed by atoms with Gasteiger partial charge in [0.15, 0.2) is 0 Å². The summed E-state index contributed by atoms with van der Waals surface area (Å²) in [6.45, 7) is 0.313. The Kier molecular flexibility index (Phi) is 3.96. The van der Waals surface area contributed by atoms with Crippen molar-refractivity contribution in [1.29, 1.82) is 0 Å². The fourth-order valence-corrected chi connectivity index (χ4v) is 3.64. The van der Waals surface area contributed by atoms with Crippen molar-refractivity contribution in [1.82, 2.24) is 4.90 Å². The number of hydrogen-bond acceptors (Lipinski definition) is 3. The van der Waals surface area contributed by atoms with Crippen LogP contribution in [0.25, 0.3) is 0 Å². The van der Waals surface area contributed by atoms with E-state index in [1.165, 1.54) is 4.90 Å². The summed E-state index contributed by atoms with van der Waals surface area (Å²) in [4.78, 5) is 37.4. The molecule has 116 valence electrons. The lowest BCUT2D eigenvalue weighted by Crippen LogP contribution is -2.55. The summed E-state index contributed by atoms with van der Waals surface area (Å²) in [5.74, 6) is -1.26. The molecule has 1 N–H and O–H groups in total. The second-order valence-corrected chi connectivity index (χ2v) is 6.19. The van der Waals surface area contributed by atoms with Crippen molar-refractivity contribution in [3.63, 3.8) is 0 Å². The van der Waals surface area contributed by atoms with Crippen LogP contribution >= 0.6 is 0 Å². The lowest BCUT2D eigenvalue weighted by Gasteiger charge is -2.43. The van der Waals surface area contributed by atoms with Crippen LogP contribution in [0, 0.1) is 11.8 Å². The number of benzene rings is 1. The van der Waals surface area contributed by atoms with Gasteiger partial charge in [-0.15, -0.1) is 0 Å². The van der Waals surface area contributed by atoms with Crippen LogP contribution in [0.15, 0.2) is 30.3 Å². The fraction of sp³-hybridized carbons (Fsp3) is 0.471. The molecule has 1 amide bonds. The zero-order valence-electron chi connectivity index (χ0n) is 12.3. The third-order valence-electron chi connectivity index (χ3n) is 4.78. The number of rotatable bonds is 3. The molecule has 1 heterocycles. The van der Waals surface area contributed by atoms with Crippen molar-refractivity contribution in [2.45, 2.75) is 38.3 Å². The summed E-state index contributed by atoms with van der Waals surface area (Å²) >= 11 is 0. The number of piperidine rings is 1. The molecule has 3 rings (SSSR count). The van der Waals surface area contributed by atoms with Crippen LogP contribution in [0.5, 0.6) is 0 Å². The summed E-state index contributed by atoms with van der Waals surface area (Å²) in [5.41, 5.74) is 0.924. The molecule has 5 heteroatoms. The molecule has 1 saturated carbocycles. The van der Waals surface area contributed by atoms with Gasteiger partial charge in [-0.25, -0.2) is 4.79 Å². The maximum Gasteiger partial charge on any atom is 0.326 e. The van der Waals surface area contributed by atoms with Gasteiger partial charge >= 0.3 is 5.97 Å². The molecule has 1 aliphatic carbocycles. The normalized spacial score (nSPS) is 28.4. The van der Waals surface area contributed by atoms with Crippen LogP contribution in [0.4, 0.5) is 0 Å². The van der Waals surface area contributed by atoms with Gasteiger partial charge in [0.25, 0.3) is 0 Å². The lowest BCUT2D eigenvalue weighted by molar-refractivity contribution is -0.161. The number of carbonyl (C=O) groups is 3. The highest BCUT2D eigenvalue weighted by Crippen LogP contribution is 2.38. The van der Waals surface area contributed by atoms with Crippen molar-refractivity contribution < 1.29 is 19.5 Å². The Morgan fingerprint density at radius 1 is 1.23 bits per heavy atom. The first kappa shape index (κ1) is 14.8. The molecular weight excluding hydrogens is 282 g/mol. The van der Waals surface area contributed by atoms with Gasteiger partial charge in [-0.05, 0) is 24.3 Å². The Morgan fingerprint density at radius 3 is 2.64 bits per heavy atom. The summed E-state index contributed by atoms with van der Waals surface area (Å²) in [7, 11) is 0. The molecule has 1 aliphatic heterocycles. The first-order valence-electron chi connectivity index (χ1n) is 7.65. The van der Waals surface area contributed by atoms with E-state index in [0.717, 1.165) is 5.56 Å². The second-order valence-electron chi connectivity index (χ2n) is 6.19. The maximum absolute atomic E-state index is 12.7. The molecule has 2 fully saturated rings. The number of carboxylic acid groups (broad SMARTS) is 1. The molecule has 0 aromatic heterocycles. The number of carboxylic acids is 1. The molecule has 1 aromatic rings. The predicted molar refractivity (Wildman–Crippen MR) is 78.9 cm³/mol. The van der Waals surface area contributed by atoms with Gasteiger partial charge in [-0.3, -0.25) is 9.59 Å². The Hall–Kier alpha value is -2.17. The maximum atomic E-state index is 12.7. The number of aliphatic carboxylic acids is 1. The van der Waals surface area contributed by atoms with Gasteiger partial charge in [0.1, 0.15) is 11.8 Å². The van der Waals surface area contributed by atoms with Crippen LogP contribution in [-0.4, -0.2) is 33.7 Å². The molecule has 0 bridgehead atoms. The van der Waals surface area contributed by atoms with E-state index in [0.29, 0.717) is 32.2 Å². The number of hydrogen-bond donors (Lipinski definition) is 1. The number of Topliss-reactive ketones (excluding diaryl/α,β-unsaturated/α-hetero) is 1. The Bertz CT molecular complexity index is 598. The topological polar surface area (TPSA) is 74.7 Å². The van der Waals surface area contributed by atoms with E-state index in [2.05, 4.69) is 0 Å². The van der Waals surface area contributed by atoms with Gasteiger partial charge in [0, 0.05) is 25.3 Å². The molecule has 5 nitrogen and oxygen atoms in total. The SMILES string of the molecule is O=C1CCC2C(=O)N(Cc3ccccc3)[C@@H](C(=O)O)CC2C1. The van der Waals surface area contributed by atoms with E-state index in [9.17, 15) is 19.5 Å². The summed E-state index contributed by atoms with van der Waals surface area (Å²) in [5, 5.41) is 9.48. The van der Waals surface area contributed by atoms with Crippen molar-refractivity contribution in [2.75, 3.05) is 0 Å². The van der Waals surface area contributed by atoms with Crippen LogP contribution in [0.3, 0.4) is 0 Å². The fourth-order valence-electron chi connectivity index (χ4n) is 3.64. The highest BCUT2D eigenvalue weighted by Gasteiger charge is 2.46. The van der Waals surface area contributed by atoms with Crippen molar-refractivity contribution in [2.24, 2.45) is 11.8 Å². The molecule has 3 atom stereocenters. The number of ketones is 1.